The van der Waals surface area contributed by atoms with Crippen LogP contribution in [0.25, 0.3) is 0 Å². The Labute approximate surface area is 171 Å². The quantitative estimate of drug-likeness (QED) is 0.433. The van der Waals surface area contributed by atoms with Crippen LogP contribution in [0.5, 0.6) is 0 Å². The van der Waals surface area contributed by atoms with E-state index in [1.54, 1.807) is 5.57 Å². The Bertz CT molecular complexity index is 640. The minimum Gasteiger partial charge on any atom is -0.353 e. The zero-order valence-electron chi connectivity index (χ0n) is 18.6. The summed E-state index contributed by atoms with van der Waals surface area (Å²) in [5, 5.41) is 0. The van der Waals surface area contributed by atoms with Crippen LogP contribution in [-0.4, -0.2) is 24.8 Å². The van der Waals surface area contributed by atoms with Crippen LogP contribution >= 0.6 is 0 Å². The van der Waals surface area contributed by atoms with Crippen molar-refractivity contribution < 1.29 is 14.3 Å². The van der Waals surface area contributed by atoms with Crippen molar-refractivity contribution in [1.82, 2.24) is 0 Å². The van der Waals surface area contributed by atoms with Gasteiger partial charge in [0, 0.05) is 12.5 Å². The van der Waals surface area contributed by atoms with Gasteiger partial charge in [-0.3, -0.25) is 4.79 Å². The summed E-state index contributed by atoms with van der Waals surface area (Å²) in [5.41, 5.74) is 2.24. The van der Waals surface area contributed by atoms with Gasteiger partial charge in [-0.25, -0.2) is 0 Å². The Morgan fingerprint density at radius 2 is 1.96 bits per heavy atom. The molecular weight excluding hydrogens is 348 g/mol. The molecule has 0 radical (unpaired) electrons. The lowest BCUT2D eigenvalue weighted by molar-refractivity contribution is -0.167. The number of fused-ring (bicyclic) bond motifs is 5. The van der Waals surface area contributed by atoms with Gasteiger partial charge in [0.1, 0.15) is 5.78 Å². The van der Waals surface area contributed by atoms with E-state index < -0.39 is 0 Å². The van der Waals surface area contributed by atoms with Crippen molar-refractivity contribution in [3.8, 4) is 0 Å². The molecule has 3 saturated carbocycles. The maximum atomic E-state index is 12.3. The second kappa shape index (κ2) is 7.54. The summed E-state index contributed by atoms with van der Waals surface area (Å²) in [6.07, 6.45) is 12.4. The van der Waals surface area contributed by atoms with Gasteiger partial charge in [0.2, 0.25) is 0 Å². The minimum atomic E-state index is -0.103. The number of Topliss-reactive ketones (excluding diaryl/α,β-unsaturated/α-hetero) is 1. The van der Waals surface area contributed by atoms with Crippen LogP contribution in [0, 0.1) is 34.5 Å². The van der Waals surface area contributed by atoms with Crippen LogP contribution in [0.4, 0.5) is 0 Å². The lowest BCUT2D eigenvalue weighted by Gasteiger charge is -2.58. The molecule has 0 bridgehead atoms. The Hall–Kier alpha value is -0.670. The van der Waals surface area contributed by atoms with Crippen molar-refractivity contribution >= 4 is 5.78 Å². The van der Waals surface area contributed by atoms with Crippen LogP contribution in [-0.2, 0) is 14.3 Å². The van der Waals surface area contributed by atoms with E-state index >= 15 is 0 Å². The maximum Gasteiger partial charge on any atom is 0.155 e. The third-order valence-corrected chi connectivity index (χ3v) is 9.33. The molecule has 0 heterocycles. The van der Waals surface area contributed by atoms with Crippen molar-refractivity contribution in [1.29, 1.82) is 0 Å². The Kier molecular flexibility index (Phi) is 5.55. The van der Waals surface area contributed by atoms with Crippen LogP contribution < -0.4 is 0 Å². The van der Waals surface area contributed by atoms with E-state index in [0.29, 0.717) is 29.8 Å². The number of rotatable bonds is 5. The molecule has 0 aromatic carbocycles. The van der Waals surface area contributed by atoms with Gasteiger partial charge in [-0.05, 0) is 101 Å². The summed E-state index contributed by atoms with van der Waals surface area (Å²) >= 11 is 0. The monoisotopic (exact) mass is 388 g/mol. The topological polar surface area (TPSA) is 35.5 Å². The first-order valence-electron chi connectivity index (χ1n) is 11.8. The third-order valence-electron chi connectivity index (χ3n) is 9.33. The first kappa shape index (κ1) is 20.6. The number of carbonyl (C=O) groups excluding carboxylic acids is 1. The molecule has 0 spiro atoms. The second-order valence-electron chi connectivity index (χ2n) is 10.6. The molecule has 8 atom stereocenters. The van der Waals surface area contributed by atoms with Gasteiger partial charge >= 0.3 is 0 Å². The molecule has 0 aromatic heterocycles. The van der Waals surface area contributed by atoms with Gasteiger partial charge in [-0.1, -0.05) is 25.5 Å². The number of ketones is 1. The molecule has 0 saturated heterocycles. The van der Waals surface area contributed by atoms with E-state index in [2.05, 4.69) is 19.9 Å². The summed E-state index contributed by atoms with van der Waals surface area (Å²) in [7, 11) is 0. The first-order chi connectivity index (χ1) is 13.3. The van der Waals surface area contributed by atoms with Crippen molar-refractivity contribution in [3.63, 3.8) is 0 Å². The zero-order chi connectivity index (χ0) is 20.1. The predicted molar refractivity (Wildman–Crippen MR) is 112 cm³/mol. The summed E-state index contributed by atoms with van der Waals surface area (Å²) in [6, 6.07) is 0. The van der Waals surface area contributed by atoms with Crippen LogP contribution in [0.15, 0.2) is 11.6 Å². The van der Waals surface area contributed by atoms with Crippen molar-refractivity contribution in [2.75, 3.05) is 6.61 Å². The molecule has 4 aliphatic rings. The van der Waals surface area contributed by atoms with E-state index in [1.165, 1.54) is 32.1 Å². The molecule has 0 aromatic rings. The van der Waals surface area contributed by atoms with Crippen molar-refractivity contribution in [2.24, 2.45) is 34.5 Å². The van der Waals surface area contributed by atoms with Crippen molar-refractivity contribution in [2.45, 2.75) is 98.4 Å². The van der Waals surface area contributed by atoms with E-state index in [1.807, 2.05) is 20.8 Å². The SMILES string of the molecule is CCOC(C)OC1CCC2(C)C(=CCC3C2CCC2(C)C(C(C)=O)CCC32)C1. The van der Waals surface area contributed by atoms with Crippen LogP contribution in [0.3, 0.4) is 0 Å². The number of ether oxygens (including phenoxy) is 2. The molecule has 28 heavy (non-hydrogen) atoms. The highest BCUT2D eigenvalue weighted by Gasteiger charge is 2.59. The smallest absolute Gasteiger partial charge is 0.155 e. The van der Waals surface area contributed by atoms with Gasteiger partial charge in [0.25, 0.3) is 0 Å². The zero-order valence-corrected chi connectivity index (χ0v) is 18.6. The lowest BCUT2D eigenvalue weighted by Crippen LogP contribution is -2.51. The van der Waals surface area contributed by atoms with Gasteiger partial charge in [0.15, 0.2) is 6.29 Å². The molecule has 3 heteroatoms. The van der Waals surface area contributed by atoms with E-state index in [-0.39, 0.29) is 11.7 Å². The molecule has 8 unspecified atom stereocenters. The Morgan fingerprint density at radius 3 is 2.68 bits per heavy atom. The summed E-state index contributed by atoms with van der Waals surface area (Å²) in [6.45, 7) is 11.6. The average Bonchev–Trinajstić information content (AvgIpc) is 2.99. The van der Waals surface area contributed by atoms with E-state index in [4.69, 9.17) is 9.47 Å². The fourth-order valence-electron chi connectivity index (χ4n) is 7.96. The fraction of sp³-hybridized carbons (Fsp3) is 0.880. The number of hydrogen-bond acceptors (Lipinski definition) is 3. The highest BCUT2D eigenvalue weighted by Crippen LogP contribution is 2.66. The molecular formula is C25H40O3. The predicted octanol–water partition coefficient (Wildman–Crippen LogP) is 5.92. The van der Waals surface area contributed by atoms with Crippen LogP contribution in [0.2, 0.25) is 0 Å². The van der Waals surface area contributed by atoms with Gasteiger partial charge < -0.3 is 9.47 Å². The Balaban J connectivity index is 1.51. The average molecular weight is 389 g/mol. The molecule has 4 rings (SSSR count). The van der Waals surface area contributed by atoms with Crippen molar-refractivity contribution in [3.05, 3.63) is 11.6 Å². The maximum absolute atomic E-state index is 12.3. The fourth-order valence-corrected chi connectivity index (χ4v) is 7.96. The van der Waals surface area contributed by atoms with Gasteiger partial charge in [-0.2, -0.15) is 0 Å². The highest BCUT2D eigenvalue weighted by atomic mass is 16.7. The molecule has 0 aliphatic heterocycles. The summed E-state index contributed by atoms with van der Waals surface area (Å²) in [4.78, 5) is 12.3. The standard InChI is InChI=1S/C25H40O3/c1-6-27-17(3)28-19-11-13-24(4)18(15-19)7-8-20-22-10-9-21(16(2)26)25(22,5)14-12-23(20)24/h7,17,19-23H,6,8-15H2,1-5H3. The molecule has 158 valence electrons. The molecule has 4 aliphatic carbocycles. The van der Waals surface area contributed by atoms with E-state index in [9.17, 15) is 4.79 Å². The van der Waals surface area contributed by atoms with Crippen LogP contribution in [0.1, 0.15) is 86.0 Å². The summed E-state index contributed by atoms with van der Waals surface area (Å²) < 4.78 is 11.8. The molecule has 3 fully saturated rings. The molecule has 0 amide bonds. The van der Waals surface area contributed by atoms with Gasteiger partial charge in [-0.15, -0.1) is 0 Å². The number of hydrogen-bond donors (Lipinski definition) is 0. The lowest BCUT2D eigenvalue weighted by atomic mass is 9.47. The number of allylic oxidation sites excluding steroid dienone is 1. The number of carbonyl (C=O) groups is 1. The molecule has 3 nitrogen and oxygen atoms in total. The summed E-state index contributed by atoms with van der Waals surface area (Å²) in [5.74, 6) is 3.04. The Morgan fingerprint density at radius 1 is 1.18 bits per heavy atom. The normalized spacial score (nSPS) is 46.2. The molecule has 0 N–H and O–H groups in total. The third kappa shape index (κ3) is 3.21. The van der Waals surface area contributed by atoms with Gasteiger partial charge in [0.05, 0.1) is 6.10 Å². The first-order valence-corrected chi connectivity index (χ1v) is 11.8. The second-order valence-corrected chi connectivity index (χ2v) is 10.6. The highest BCUT2D eigenvalue weighted by molar-refractivity contribution is 5.79. The largest absolute Gasteiger partial charge is 0.353 e. The minimum absolute atomic E-state index is 0.103. The van der Waals surface area contributed by atoms with E-state index in [0.717, 1.165) is 37.0 Å².